The summed E-state index contributed by atoms with van der Waals surface area (Å²) in [7, 11) is 0. The van der Waals surface area contributed by atoms with Crippen molar-refractivity contribution in [1.29, 1.82) is 0 Å². The van der Waals surface area contributed by atoms with E-state index in [1.807, 2.05) is 12.1 Å². The van der Waals surface area contributed by atoms with E-state index < -0.39 is 0 Å². The van der Waals surface area contributed by atoms with Gasteiger partial charge in [0, 0.05) is 29.9 Å². The van der Waals surface area contributed by atoms with Crippen LogP contribution in [0.3, 0.4) is 0 Å². The first-order chi connectivity index (χ1) is 13.2. The molecule has 2 fully saturated rings. The Morgan fingerprint density at radius 3 is 2.74 bits per heavy atom. The minimum atomic E-state index is -0.106. The largest absolute Gasteiger partial charge is 0.349 e. The molecule has 1 saturated carbocycles. The highest BCUT2D eigenvalue weighted by Crippen LogP contribution is 2.34. The molecule has 2 aliphatic rings. The molecule has 1 aromatic heterocycles. The standard InChI is InChI=1S/C21H25N3O2S/c25-20(11-13-24-12-3-7-18(24)19-8-4-14-27-19)23-17-6-2-1-5-16(17)21(26)22-15-9-10-15/h1-2,4-6,8,14-15,18H,3,7,9-13H2,(H,22,26)(H,23,25)/t18-/m0/s1. The minimum Gasteiger partial charge on any atom is -0.349 e. The van der Waals surface area contributed by atoms with Crippen LogP contribution >= 0.6 is 11.3 Å². The van der Waals surface area contributed by atoms with Gasteiger partial charge in [-0.1, -0.05) is 18.2 Å². The monoisotopic (exact) mass is 383 g/mol. The number of thiophene rings is 1. The summed E-state index contributed by atoms with van der Waals surface area (Å²) in [6, 6.07) is 12.2. The van der Waals surface area contributed by atoms with Crippen molar-refractivity contribution in [2.75, 3.05) is 18.4 Å². The van der Waals surface area contributed by atoms with Crippen molar-refractivity contribution in [3.8, 4) is 0 Å². The Balaban J connectivity index is 1.34. The van der Waals surface area contributed by atoms with E-state index in [0.717, 1.165) is 32.4 Å². The number of nitrogens with zero attached hydrogens (tertiary/aromatic N) is 1. The molecule has 2 amide bonds. The average molecular weight is 384 g/mol. The maximum absolute atomic E-state index is 12.5. The smallest absolute Gasteiger partial charge is 0.253 e. The Bertz CT molecular complexity index is 802. The fourth-order valence-corrected chi connectivity index (χ4v) is 4.53. The Kier molecular flexibility index (Phi) is 5.55. The molecule has 2 N–H and O–H groups in total. The van der Waals surface area contributed by atoms with Crippen LogP contribution in [0.25, 0.3) is 0 Å². The van der Waals surface area contributed by atoms with E-state index in [1.165, 1.54) is 11.3 Å². The van der Waals surface area contributed by atoms with Gasteiger partial charge in [0.1, 0.15) is 0 Å². The van der Waals surface area contributed by atoms with Crippen LogP contribution in [-0.2, 0) is 4.79 Å². The second-order valence-electron chi connectivity index (χ2n) is 7.30. The van der Waals surface area contributed by atoms with Crippen LogP contribution in [0.1, 0.15) is 53.4 Å². The number of rotatable bonds is 7. The van der Waals surface area contributed by atoms with E-state index in [9.17, 15) is 9.59 Å². The number of para-hydroxylation sites is 1. The van der Waals surface area contributed by atoms with Gasteiger partial charge in [-0.25, -0.2) is 0 Å². The number of anilines is 1. The van der Waals surface area contributed by atoms with Gasteiger partial charge in [0.15, 0.2) is 0 Å². The maximum Gasteiger partial charge on any atom is 0.253 e. The van der Waals surface area contributed by atoms with Gasteiger partial charge in [-0.3, -0.25) is 14.5 Å². The average Bonchev–Trinajstić information content (AvgIpc) is 3.12. The molecule has 0 unspecified atom stereocenters. The quantitative estimate of drug-likeness (QED) is 0.764. The van der Waals surface area contributed by atoms with E-state index in [-0.39, 0.29) is 11.8 Å². The van der Waals surface area contributed by atoms with Crippen LogP contribution in [-0.4, -0.2) is 35.8 Å². The highest BCUT2D eigenvalue weighted by atomic mass is 32.1. The van der Waals surface area contributed by atoms with Crippen molar-refractivity contribution in [3.05, 3.63) is 52.2 Å². The number of hydrogen-bond donors (Lipinski definition) is 2. The lowest BCUT2D eigenvalue weighted by molar-refractivity contribution is -0.116. The summed E-state index contributed by atoms with van der Waals surface area (Å²) in [5.74, 6) is -0.149. The first kappa shape index (κ1) is 18.2. The number of likely N-dealkylation sites (tertiary alicyclic amines) is 1. The topological polar surface area (TPSA) is 61.4 Å². The fourth-order valence-electron chi connectivity index (χ4n) is 3.64. The SMILES string of the molecule is O=C(CCN1CCC[C@H]1c1cccs1)Nc1ccccc1C(=O)NC1CC1. The molecule has 5 nitrogen and oxygen atoms in total. The summed E-state index contributed by atoms with van der Waals surface area (Å²) in [5, 5.41) is 8.03. The molecule has 4 rings (SSSR count). The van der Waals surface area contributed by atoms with Gasteiger partial charge in [0.2, 0.25) is 5.91 Å². The number of benzene rings is 1. The van der Waals surface area contributed by atoms with Crippen LogP contribution in [0, 0.1) is 0 Å². The summed E-state index contributed by atoms with van der Waals surface area (Å²) in [6.45, 7) is 1.78. The van der Waals surface area contributed by atoms with E-state index in [2.05, 4.69) is 33.0 Å². The first-order valence-electron chi connectivity index (χ1n) is 9.68. The summed E-state index contributed by atoms with van der Waals surface area (Å²) in [5.41, 5.74) is 1.13. The van der Waals surface area contributed by atoms with Gasteiger partial charge in [-0.05, 0) is 55.8 Å². The summed E-state index contributed by atoms with van der Waals surface area (Å²) in [6.07, 6.45) is 4.85. The normalized spacial score (nSPS) is 19.8. The fraction of sp³-hybridized carbons (Fsp3) is 0.429. The summed E-state index contributed by atoms with van der Waals surface area (Å²) in [4.78, 5) is 28.7. The molecule has 0 bridgehead atoms. The van der Waals surface area contributed by atoms with Gasteiger partial charge in [0.25, 0.3) is 5.91 Å². The first-order valence-corrected chi connectivity index (χ1v) is 10.6. The number of hydrogen-bond acceptors (Lipinski definition) is 4. The van der Waals surface area contributed by atoms with Gasteiger partial charge in [-0.15, -0.1) is 11.3 Å². The van der Waals surface area contributed by atoms with Crippen LogP contribution in [0.4, 0.5) is 5.69 Å². The van der Waals surface area contributed by atoms with Crippen LogP contribution in [0.2, 0.25) is 0 Å². The van der Waals surface area contributed by atoms with Gasteiger partial charge < -0.3 is 10.6 Å². The van der Waals surface area contributed by atoms with Crippen molar-refractivity contribution >= 4 is 28.8 Å². The van der Waals surface area contributed by atoms with Crippen molar-refractivity contribution in [3.63, 3.8) is 0 Å². The summed E-state index contributed by atoms with van der Waals surface area (Å²) < 4.78 is 0. The predicted molar refractivity (Wildman–Crippen MR) is 108 cm³/mol. The molecule has 1 aliphatic carbocycles. The van der Waals surface area contributed by atoms with E-state index in [4.69, 9.17) is 0 Å². The van der Waals surface area contributed by atoms with Crippen LogP contribution in [0.15, 0.2) is 41.8 Å². The van der Waals surface area contributed by atoms with Crippen molar-refractivity contribution in [2.24, 2.45) is 0 Å². The molecule has 1 aliphatic heterocycles. The summed E-state index contributed by atoms with van der Waals surface area (Å²) >= 11 is 1.79. The highest BCUT2D eigenvalue weighted by Gasteiger charge is 2.27. The zero-order chi connectivity index (χ0) is 18.6. The molecule has 2 aromatic rings. The Morgan fingerprint density at radius 1 is 1.11 bits per heavy atom. The minimum absolute atomic E-state index is 0.0431. The van der Waals surface area contributed by atoms with Crippen molar-refractivity contribution < 1.29 is 9.59 Å². The number of amides is 2. The Morgan fingerprint density at radius 2 is 1.96 bits per heavy atom. The van der Waals surface area contributed by atoms with E-state index in [0.29, 0.717) is 29.8 Å². The lowest BCUT2D eigenvalue weighted by Gasteiger charge is -2.23. The van der Waals surface area contributed by atoms with E-state index >= 15 is 0 Å². The maximum atomic E-state index is 12.5. The second kappa shape index (κ2) is 8.23. The molecule has 142 valence electrons. The van der Waals surface area contributed by atoms with Gasteiger partial charge >= 0.3 is 0 Å². The van der Waals surface area contributed by atoms with Crippen LogP contribution < -0.4 is 10.6 Å². The molecular weight excluding hydrogens is 358 g/mol. The van der Waals surface area contributed by atoms with Crippen molar-refractivity contribution in [2.45, 2.75) is 44.2 Å². The zero-order valence-electron chi connectivity index (χ0n) is 15.3. The van der Waals surface area contributed by atoms with Crippen LogP contribution in [0.5, 0.6) is 0 Å². The molecule has 1 saturated heterocycles. The Labute approximate surface area is 163 Å². The van der Waals surface area contributed by atoms with Gasteiger partial charge in [0.05, 0.1) is 11.3 Å². The highest BCUT2D eigenvalue weighted by molar-refractivity contribution is 7.10. The molecule has 6 heteroatoms. The third-order valence-corrected chi connectivity index (χ3v) is 6.19. The molecule has 1 aromatic carbocycles. The van der Waals surface area contributed by atoms with E-state index in [1.54, 1.807) is 23.5 Å². The molecule has 27 heavy (non-hydrogen) atoms. The van der Waals surface area contributed by atoms with Gasteiger partial charge in [-0.2, -0.15) is 0 Å². The molecule has 0 radical (unpaired) electrons. The third-order valence-electron chi connectivity index (χ3n) is 5.22. The van der Waals surface area contributed by atoms with Crippen molar-refractivity contribution in [1.82, 2.24) is 10.2 Å². The number of carbonyl (C=O) groups is 2. The lowest BCUT2D eigenvalue weighted by atomic mass is 10.1. The predicted octanol–water partition coefficient (Wildman–Crippen LogP) is 3.81. The second-order valence-corrected chi connectivity index (χ2v) is 8.28. The molecule has 2 heterocycles. The third kappa shape index (κ3) is 4.57. The molecule has 1 atom stereocenters. The molecule has 0 spiro atoms. The molecular formula is C21H25N3O2S. The zero-order valence-corrected chi connectivity index (χ0v) is 16.1. The lowest BCUT2D eigenvalue weighted by Crippen LogP contribution is -2.29. The Hall–Kier alpha value is -2.18. The number of carbonyl (C=O) groups excluding carboxylic acids is 2. The number of nitrogens with one attached hydrogen (secondary N) is 2.